The van der Waals surface area contributed by atoms with Crippen LogP contribution in [0.15, 0.2) is 0 Å². The van der Waals surface area contributed by atoms with Gasteiger partial charge in [0, 0.05) is 19.0 Å². The molecule has 1 rings (SSSR count). The van der Waals surface area contributed by atoms with Crippen LogP contribution in [0.4, 0.5) is 0 Å². The molecule has 1 aliphatic rings. The lowest BCUT2D eigenvalue weighted by Crippen LogP contribution is -2.52. The Morgan fingerprint density at radius 3 is 2.45 bits per heavy atom. The highest BCUT2D eigenvalue weighted by atomic mass is 32.2. The van der Waals surface area contributed by atoms with Crippen molar-refractivity contribution in [3.63, 3.8) is 0 Å². The van der Waals surface area contributed by atoms with Crippen LogP contribution < -0.4 is 10.6 Å². The number of carboxylic acid groups (broad SMARTS) is 1. The number of aliphatic carboxylic acids is 1. The van der Waals surface area contributed by atoms with E-state index in [-0.39, 0.29) is 17.9 Å². The van der Waals surface area contributed by atoms with Crippen molar-refractivity contribution in [1.29, 1.82) is 0 Å². The predicted molar refractivity (Wildman–Crippen MR) is 74.1 cm³/mol. The van der Waals surface area contributed by atoms with E-state index in [9.17, 15) is 18.0 Å². The molecule has 8 heteroatoms. The first kappa shape index (κ1) is 16.9. The summed E-state index contributed by atoms with van der Waals surface area (Å²) >= 11 is 0. The van der Waals surface area contributed by atoms with Crippen LogP contribution >= 0.6 is 0 Å². The van der Waals surface area contributed by atoms with E-state index < -0.39 is 39.2 Å². The molecular formula is C12H22N2O5S. The lowest BCUT2D eigenvalue weighted by atomic mass is 9.86. The van der Waals surface area contributed by atoms with Gasteiger partial charge < -0.3 is 15.7 Å². The van der Waals surface area contributed by atoms with Gasteiger partial charge in [-0.05, 0) is 5.41 Å². The van der Waals surface area contributed by atoms with Crippen LogP contribution in [0.1, 0.15) is 27.2 Å². The summed E-state index contributed by atoms with van der Waals surface area (Å²) in [6.07, 6.45) is -0.0426. The van der Waals surface area contributed by atoms with E-state index in [1.807, 2.05) is 0 Å². The van der Waals surface area contributed by atoms with Crippen LogP contribution in [-0.4, -0.2) is 55.5 Å². The molecule has 7 nitrogen and oxygen atoms in total. The number of nitrogens with one attached hydrogen (secondary N) is 2. The Labute approximate surface area is 119 Å². The molecule has 0 saturated carbocycles. The van der Waals surface area contributed by atoms with Crippen LogP contribution in [0.3, 0.4) is 0 Å². The van der Waals surface area contributed by atoms with Crippen LogP contribution in [0, 0.1) is 5.41 Å². The summed E-state index contributed by atoms with van der Waals surface area (Å²) in [6.45, 7) is 5.47. The van der Waals surface area contributed by atoms with Crippen molar-refractivity contribution in [3.8, 4) is 0 Å². The third-order valence-electron chi connectivity index (χ3n) is 3.15. The molecule has 1 amide bonds. The molecule has 2 unspecified atom stereocenters. The van der Waals surface area contributed by atoms with Crippen LogP contribution in [0.5, 0.6) is 0 Å². The second-order valence-corrected chi connectivity index (χ2v) is 8.40. The zero-order chi connectivity index (χ0) is 15.6. The molecule has 0 aromatic carbocycles. The monoisotopic (exact) mass is 306 g/mol. The van der Waals surface area contributed by atoms with Gasteiger partial charge in [-0.2, -0.15) is 0 Å². The molecule has 2 atom stereocenters. The number of carboxylic acids is 1. The smallest absolute Gasteiger partial charge is 0.326 e. The second-order valence-electron chi connectivity index (χ2n) is 6.17. The van der Waals surface area contributed by atoms with Crippen molar-refractivity contribution in [2.75, 3.05) is 18.1 Å². The number of rotatable bonds is 4. The van der Waals surface area contributed by atoms with Crippen molar-refractivity contribution >= 4 is 21.7 Å². The second kappa shape index (κ2) is 6.09. The maximum absolute atomic E-state index is 11.9. The van der Waals surface area contributed by atoms with Crippen molar-refractivity contribution < 1.29 is 23.1 Å². The predicted octanol–water partition coefficient (Wildman–Crippen LogP) is -0.621. The van der Waals surface area contributed by atoms with Gasteiger partial charge in [0.25, 0.3) is 0 Å². The minimum absolute atomic E-state index is 0.0426. The highest BCUT2D eigenvalue weighted by molar-refractivity contribution is 7.91. The molecule has 0 bridgehead atoms. The summed E-state index contributed by atoms with van der Waals surface area (Å²) in [4.78, 5) is 23.0. The van der Waals surface area contributed by atoms with E-state index in [1.165, 1.54) is 0 Å². The molecule has 1 fully saturated rings. The van der Waals surface area contributed by atoms with Crippen LogP contribution in [-0.2, 0) is 19.4 Å². The zero-order valence-electron chi connectivity index (χ0n) is 12.0. The molecule has 1 saturated heterocycles. The van der Waals surface area contributed by atoms with Gasteiger partial charge in [0.15, 0.2) is 9.84 Å². The van der Waals surface area contributed by atoms with Gasteiger partial charge in [0.05, 0.1) is 11.5 Å². The fraction of sp³-hybridized carbons (Fsp3) is 0.833. The largest absolute Gasteiger partial charge is 0.480 e. The number of hydrogen-bond acceptors (Lipinski definition) is 5. The van der Waals surface area contributed by atoms with Crippen LogP contribution in [0.25, 0.3) is 0 Å². The molecule has 0 aromatic rings. The van der Waals surface area contributed by atoms with E-state index in [0.717, 1.165) is 0 Å². The molecular weight excluding hydrogens is 284 g/mol. The minimum Gasteiger partial charge on any atom is -0.480 e. The van der Waals surface area contributed by atoms with E-state index in [0.29, 0.717) is 6.54 Å². The fourth-order valence-corrected chi connectivity index (χ4v) is 3.54. The Morgan fingerprint density at radius 2 is 2.00 bits per heavy atom. The van der Waals surface area contributed by atoms with Gasteiger partial charge in [-0.3, -0.25) is 4.79 Å². The number of sulfone groups is 1. The van der Waals surface area contributed by atoms with Gasteiger partial charge in [0.2, 0.25) is 5.91 Å². The Kier molecular flexibility index (Phi) is 5.15. The normalized spacial score (nSPS) is 23.9. The molecule has 116 valence electrons. The lowest BCUT2D eigenvalue weighted by molar-refractivity contribution is -0.145. The zero-order valence-corrected chi connectivity index (χ0v) is 12.8. The highest BCUT2D eigenvalue weighted by Crippen LogP contribution is 2.19. The number of carbonyl (C=O) groups is 2. The first-order valence-corrected chi connectivity index (χ1v) is 8.29. The minimum atomic E-state index is -3.11. The lowest BCUT2D eigenvalue weighted by Gasteiger charge is -2.29. The molecule has 0 spiro atoms. The Balaban J connectivity index is 2.61. The van der Waals surface area contributed by atoms with E-state index >= 15 is 0 Å². The molecule has 20 heavy (non-hydrogen) atoms. The average Bonchev–Trinajstić information content (AvgIpc) is 2.22. The fourth-order valence-electron chi connectivity index (χ4n) is 2.09. The maximum atomic E-state index is 11.9. The maximum Gasteiger partial charge on any atom is 0.326 e. The van der Waals surface area contributed by atoms with Crippen molar-refractivity contribution in [2.45, 2.75) is 39.3 Å². The van der Waals surface area contributed by atoms with E-state index in [2.05, 4.69) is 10.6 Å². The molecule has 0 radical (unpaired) electrons. The van der Waals surface area contributed by atoms with E-state index in [1.54, 1.807) is 20.8 Å². The quantitative estimate of drug-likeness (QED) is 0.638. The van der Waals surface area contributed by atoms with Gasteiger partial charge in [-0.25, -0.2) is 13.2 Å². The first-order valence-electron chi connectivity index (χ1n) is 6.47. The summed E-state index contributed by atoms with van der Waals surface area (Å²) < 4.78 is 22.9. The first-order chi connectivity index (χ1) is 9.01. The van der Waals surface area contributed by atoms with Gasteiger partial charge >= 0.3 is 5.97 Å². The Bertz CT molecular complexity index is 481. The third-order valence-corrected chi connectivity index (χ3v) is 4.89. The Hall–Kier alpha value is -1.15. The number of carbonyl (C=O) groups excluding carboxylic acids is 1. The van der Waals surface area contributed by atoms with Gasteiger partial charge in [0.1, 0.15) is 6.04 Å². The molecule has 0 aliphatic carbocycles. The van der Waals surface area contributed by atoms with Crippen molar-refractivity contribution in [3.05, 3.63) is 0 Å². The average molecular weight is 306 g/mol. The number of amides is 1. The van der Waals surface area contributed by atoms with Crippen molar-refractivity contribution in [1.82, 2.24) is 10.6 Å². The summed E-state index contributed by atoms with van der Waals surface area (Å²) in [5.41, 5.74) is -0.617. The standard InChI is InChI=1S/C12H22N2O5S/c1-12(2,3)10(11(16)17)14-9(15)6-8-7-20(18,19)5-4-13-8/h8,10,13H,4-7H2,1-3H3,(H,14,15)(H,16,17). The van der Waals surface area contributed by atoms with Gasteiger partial charge in [-0.15, -0.1) is 0 Å². The summed E-state index contributed by atoms with van der Waals surface area (Å²) in [7, 11) is -3.11. The Morgan fingerprint density at radius 1 is 1.40 bits per heavy atom. The SMILES string of the molecule is CC(C)(C)C(NC(=O)CC1CS(=O)(=O)CCN1)C(=O)O. The van der Waals surface area contributed by atoms with Crippen molar-refractivity contribution in [2.24, 2.45) is 5.41 Å². The summed E-state index contributed by atoms with van der Waals surface area (Å²) in [6, 6.07) is -1.46. The van der Waals surface area contributed by atoms with Gasteiger partial charge in [-0.1, -0.05) is 20.8 Å². The topological polar surface area (TPSA) is 113 Å². The number of hydrogen-bond donors (Lipinski definition) is 3. The molecule has 3 N–H and O–H groups in total. The van der Waals surface area contributed by atoms with Crippen LogP contribution in [0.2, 0.25) is 0 Å². The third kappa shape index (κ3) is 5.09. The molecule has 1 aliphatic heterocycles. The molecule has 1 heterocycles. The highest BCUT2D eigenvalue weighted by Gasteiger charge is 2.33. The van der Waals surface area contributed by atoms with E-state index in [4.69, 9.17) is 5.11 Å². The molecule has 0 aromatic heterocycles. The summed E-state index contributed by atoms with van der Waals surface area (Å²) in [5.74, 6) is -1.57. The summed E-state index contributed by atoms with van der Waals surface area (Å²) in [5, 5.41) is 14.5.